The predicted octanol–water partition coefficient (Wildman–Crippen LogP) is 2.34. The van der Waals surface area contributed by atoms with E-state index in [2.05, 4.69) is 27.7 Å². The number of hydrogen-bond acceptors (Lipinski definition) is 4. The van der Waals surface area contributed by atoms with Crippen LogP contribution >= 0.6 is 0 Å². The third-order valence-corrected chi connectivity index (χ3v) is 4.59. The number of morpholine rings is 1. The zero-order valence-corrected chi connectivity index (χ0v) is 15.6. The lowest BCUT2D eigenvalue weighted by molar-refractivity contribution is -0.136. The first-order valence-corrected chi connectivity index (χ1v) is 9.36. The van der Waals surface area contributed by atoms with Gasteiger partial charge in [0.05, 0.1) is 18.4 Å². The number of amides is 2. The Morgan fingerprint density at radius 2 is 1.82 bits per heavy atom. The van der Waals surface area contributed by atoms with Gasteiger partial charge < -0.3 is 15.4 Å². The molecule has 1 aliphatic heterocycles. The van der Waals surface area contributed by atoms with E-state index >= 15 is 0 Å². The summed E-state index contributed by atoms with van der Waals surface area (Å²) in [7, 11) is 0. The third kappa shape index (κ3) is 5.61. The molecular formula is C21H24FN3O3. The standard InChI is InChI=1S/C21H24FN3O3/c22-17-9-4-5-10-18(17)24-21(27)20(26)23-11-6-12-25-13-14-28-19(15-25)16-7-2-1-3-8-16/h1-5,7-10,19H,6,11-15H2,(H,23,26)(H,24,27). The van der Waals surface area contributed by atoms with Crippen molar-refractivity contribution >= 4 is 17.5 Å². The average Bonchev–Trinajstić information content (AvgIpc) is 2.73. The number of para-hydroxylation sites is 1. The molecule has 1 heterocycles. The van der Waals surface area contributed by atoms with Gasteiger partial charge in [0.15, 0.2) is 0 Å². The van der Waals surface area contributed by atoms with E-state index in [4.69, 9.17) is 4.74 Å². The van der Waals surface area contributed by atoms with Crippen molar-refractivity contribution < 1.29 is 18.7 Å². The Hall–Kier alpha value is -2.77. The molecule has 3 rings (SSSR count). The van der Waals surface area contributed by atoms with Gasteiger partial charge >= 0.3 is 11.8 Å². The Morgan fingerprint density at radius 3 is 2.61 bits per heavy atom. The Morgan fingerprint density at radius 1 is 1.07 bits per heavy atom. The molecule has 0 radical (unpaired) electrons. The van der Waals surface area contributed by atoms with Crippen LogP contribution in [-0.2, 0) is 14.3 Å². The van der Waals surface area contributed by atoms with Gasteiger partial charge in [-0.3, -0.25) is 14.5 Å². The summed E-state index contributed by atoms with van der Waals surface area (Å²) in [5.41, 5.74) is 1.15. The third-order valence-electron chi connectivity index (χ3n) is 4.59. The monoisotopic (exact) mass is 385 g/mol. The van der Waals surface area contributed by atoms with E-state index in [9.17, 15) is 14.0 Å². The maximum absolute atomic E-state index is 13.5. The van der Waals surface area contributed by atoms with Crippen molar-refractivity contribution in [3.63, 3.8) is 0 Å². The molecule has 0 spiro atoms. The lowest BCUT2D eigenvalue weighted by atomic mass is 10.1. The van der Waals surface area contributed by atoms with Crippen molar-refractivity contribution in [3.05, 3.63) is 66.0 Å². The second kappa shape index (κ2) is 9.96. The molecule has 28 heavy (non-hydrogen) atoms. The van der Waals surface area contributed by atoms with E-state index in [1.54, 1.807) is 6.07 Å². The second-order valence-electron chi connectivity index (χ2n) is 6.61. The van der Waals surface area contributed by atoms with Crippen LogP contribution < -0.4 is 10.6 Å². The summed E-state index contributed by atoms with van der Waals surface area (Å²) in [6, 6.07) is 15.8. The molecule has 2 N–H and O–H groups in total. The number of hydrogen-bond donors (Lipinski definition) is 2. The first-order valence-electron chi connectivity index (χ1n) is 9.36. The van der Waals surface area contributed by atoms with E-state index in [-0.39, 0.29) is 11.8 Å². The Labute approximate surface area is 163 Å². The summed E-state index contributed by atoms with van der Waals surface area (Å²) in [5, 5.41) is 4.84. The van der Waals surface area contributed by atoms with Crippen LogP contribution in [0.2, 0.25) is 0 Å². The number of rotatable bonds is 6. The predicted molar refractivity (Wildman–Crippen MR) is 104 cm³/mol. The number of carbonyl (C=O) groups is 2. The lowest BCUT2D eigenvalue weighted by Crippen LogP contribution is -2.41. The van der Waals surface area contributed by atoms with Crippen LogP contribution in [0.25, 0.3) is 0 Å². The van der Waals surface area contributed by atoms with E-state index in [1.165, 1.54) is 18.2 Å². The summed E-state index contributed by atoms with van der Waals surface area (Å²) in [6.45, 7) is 3.46. The summed E-state index contributed by atoms with van der Waals surface area (Å²) < 4.78 is 19.4. The number of anilines is 1. The highest BCUT2D eigenvalue weighted by Gasteiger charge is 2.21. The zero-order chi connectivity index (χ0) is 19.8. The molecule has 7 heteroatoms. The maximum Gasteiger partial charge on any atom is 0.313 e. The second-order valence-corrected chi connectivity index (χ2v) is 6.61. The van der Waals surface area contributed by atoms with E-state index < -0.39 is 17.6 Å². The van der Waals surface area contributed by atoms with Gasteiger partial charge in [-0.05, 0) is 24.1 Å². The minimum atomic E-state index is -0.874. The van der Waals surface area contributed by atoms with E-state index in [0.29, 0.717) is 19.6 Å². The van der Waals surface area contributed by atoms with Gasteiger partial charge in [0.25, 0.3) is 0 Å². The Kier molecular flexibility index (Phi) is 7.11. The number of carbonyl (C=O) groups excluding carboxylic acids is 2. The molecule has 1 atom stereocenters. The summed E-state index contributed by atoms with van der Waals surface area (Å²) in [4.78, 5) is 26.0. The molecule has 0 aromatic heterocycles. The fourth-order valence-electron chi connectivity index (χ4n) is 3.10. The van der Waals surface area contributed by atoms with E-state index in [1.807, 2.05) is 18.2 Å². The van der Waals surface area contributed by atoms with Gasteiger partial charge in [0, 0.05) is 26.2 Å². The van der Waals surface area contributed by atoms with Gasteiger partial charge in [0.2, 0.25) is 0 Å². The quantitative estimate of drug-likeness (QED) is 0.592. The number of benzene rings is 2. The van der Waals surface area contributed by atoms with Crippen LogP contribution in [0.15, 0.2) is 54.6 Å². The summed E-state index contributed by atoms with van der Waals surface area (Å²) in [5.74, 6) is -2.23. The van der Waals surface area contributed by atoms with Crippen molar-refractivity contribution in [2.24, 2.45) is 0 Å². The normalized spacial score (nSPS) is 17.1. The smallest absolute Gasteiger partial charge is 0.313 e. The molecule has 2 aromatic carbocycles. The van der Waals surface area contributed by atoms with Gasteiger partial charge in [-0.2, -0.15) is 0 Å². The lowest BCUT2D eigenvalue weighted by Gasteiger charge is -2.33. The molecule has 2 amide bonds. The molecule has 0 saturated carbocycles. The molecule has 148 valence electrons. The Bertz CT molecular complexity index is 800. The van der Waals surface area contributed by atoms with Crippen LogP contribution in [-0.4, -0.2) is 49.5 Å². The van der Waals surface area contributed by atoms with Crippen LogP contribution in [0.4, 0.5) is 10.1 Å². The van der Waals surface area contributed by atoms with Crippen LogP contribution in [0.3, 0.4) is 0 Å². The van der Waals surface area contributed by atoms with Crippen molar-refractivity contribution in [2.45, 2.75) is 12.5 Å². The number of ether oxygens (including phenoxy) is 1. The van der Waals surface area contributed by atoms with Crippen molar-refractivity contribution in [1.82, 2.24) is 10.2 Å². The molecule has 6 nitrogen and oxygen atoms in total. The van der Waals surface area contributed by atoms with Crippen molar-refractivity contribution in [1.29, 1.82) is 0 Å². The average molecular weight is 385 g/mol. The van der Waals surface area contributed by atoms with Crippen molar-refractivity contribution in [3.8, 4) is 0 Å². The van der Waals surface area contributed by atoms with Crippen molar-refractivity contribution in [2.75, 3.05) is 38.1 Å². The molecule has 1 fully saturated rings. The molecule has 0 aliphatic carbocycles. The fraction of sp³-hybridized carbons (Fsp3) is 0.333. The highest BCUT2D eigenvalue weighted by Crippen LogP contribution is 2.21. The van der Waals surface area contributed by atoms with Crippen LogP contribution in [0.1, 0.15) is 18.1 Å². The topological polar surface area (TPSA) is 70.7 Å². The largest absolute Gasteiger partial charge is 0.371 e. The number of halogens is 1. The van der Waals surface area contributed by atoms with Gasteiger partial charge in [-0.1, -0.05) is 42.5 Å². The minimum absolute atomic E-state index is 0.0112. The first-order chi connectivity index (χ1) is 13.6. The van der Waals surface area contributed by atoms with Gasteiger partial charge in [0.1, 0.15) is 5.82 Å². The summed E-state index contributed by atoms with van der Waals surface area (Å²) >= 11 is 0. The number of nitrogens with one attached hydrogen (secondary N) is 2. The maximum atomic E-state index is 13.5. The highest BCUT2D eigenvalue weighted by atomic mass is 19.1. The fourth-order valence-corrected chi connectivity index (χ4v) is 3.10. The van der Waals surface area contributed by atoms with E-state index in [0.717, 1.165) is 25.2 Å². The molecule has 1 saturated heterocycles. The molecule has 1 unspecified atom stereocenters. The first kappa shape index (κ1) is 20.0. The summed E-state index contributed by atoms with van der Waals surface area (Å²) in [6.07, 6.45) is 0.760. The zero-order valence-electron chi connectivity index (χ0n) is 15.6. The minimum Gasteiger partial charge on any atom is -0.371 e. The Balaban J connectivity index is 1.37. The molecule has 2 aromatic rings. The highest BCUT2D eigenvalue weighted by molar-refractivity contribution is 6.39. The molecule has 1 aliphatic rings. The molecule has 0 bridgehead atoms. The number of nitrogens with zero attached hydrogens (tertiary/aromatic N) is 1. The van der Waals surface area contributed by atoms with Gasteiger partial charge in [-0.15, -0.1) is 0 Å². The van der Waals surface area contributed by atoms with Crippen LogP contribution in [0, 0.1) is 5.82 Å². The SMILES string of the molecule is O=C(NCCCN1CCOC(c2ccccc2)C1)C(=O)Nc1ccccc1F. The van der Waals surface area contributed by atoms with Gasteiger partial charge in [-0.25, -0.2) is 4.39 Å². The van der Waals surface area contributed by atoms with Crippen LogP contribution in [0.5, 0.6) is 0 Å². The molecular weight excluding hydrogens is 361 g/mol.